The lowest BCUT2D eigenvalue weighted by molar-refractivity contribution is -0.383. The van der Waals surface area contributed by atoms with Crippen molar-refractivity contribution in [3.8, 4) is 0 Å². The summed E-state index contributed by atoms with van der Waals surface area (Å²) in [6.45, 7) is 9.51. The lowest BCUT2D eigenvalue weighted by Crippen LogP contribution is -2.41. The van der Waals surface area contributed by atoms with Crippen LogP contribution in [0.5, 0.6) is 0 Å². The van der Waals surface area contributed by atoms with E-state index >= 15 is 0 Å². The Balaban J connectivity index is 2.42. The number of nitro benzene ring substituents is 1. The number of nitro groups is 1. The van der Waals surface area contributed by atoms with E-state index in [2.05, 4.69) is 0 Å². The van der Waals surface area contributed by atoms with Crippen LogP contribution in [0.25, 0.3) is 0 Å². The monoisotopic (exact) mass is 263 g/mol. The zero-order valence-electron chi connectivity index (χ0n) is 11.9. The molecular formula is C13H18BNO4. The van der Waals surface area contributed by atoms with Gasteiger partial charge in [0.25, 0.3) is 5.69 Å². The fraction of sp³-hybridized carbons (Fsp3) is 0.538. The van der Waals surface area contributed by atoms with Crippen LogP contribution in [0.3, 0.4) is 0 Å². The molecule has 6 heteroatoms. The molecular weight excluding hydrogens is 245 g/mol. The Labute approximate surface area is 113 Å². The molecule has 0 bridgehead atoms. The molecule has 102 valence electrons. The third kappa shape index (κ3) is 2.38. The van der Waals surface area contributed by atoms with Crippen molar-refractivity contribution in [1.82, 2.24) is 0 Å². The first kappa shape index (κ1) is 14.0. The van der Waals surface area contributed by atoms with Gasteiger partial charge >= 0.3 is 7.12 Å². The number of aryl methyl sites for hydroxylation is 1. The van der Waals surface area contributed by atoms with Gasteiger partial charge in [0, 0.05) is 6.07 Å². The average Bonchev–Trinajstić information content (AvgIpc) is 2.47. The minimum absolute atomic E-state index is 0.0403. The lowest BCUT2D eigenvalue weighted by atomic mass is 9.77. The van der Waals surface area contributed by atoms with Crippen molar-refractivity contribution in [2.24, 2.45) is 0 Å². The molecule has 1 aliphatic rings. The van der Waals surface area contributed by atoms with Crippen molar-refractivity contribution in [1.29, 1.82) is 0 Å². The highest BCUT2D eigenvalue weighted by atomic mass is 16.7. The maximum Gasteiger partial charge on any atom is 0.501 e. The molecule has 1 aromatic rings. The molecule has 0 amide bonds. The van der Waals surface area contributed by atoms with Gasteiger partial charge in [0.05, 0.1) is 21.6 Å². The summed E-state index contributed by atoms with van der Waals surface area (Å²) in [4.78, 5) is 10.8. The van der Waals surface area contributed by atoms with Crippen LogP contribution in [0.2, 0.25) is 0 Å². The smallest absolute Gasteiger partial charge is 0.399 e. The topological polar surface area (TPSA) is 61.6 Å². The molecule has 0 radical (unpaired) electrons. The molecule has 1 heterocycles. The highest BCUT2D eigenvalue weighted by molar-refractivity contribution is 6.63. The number of benzene rings is 1. The van der Waals surface area contributed by atoms with Crippen molar-refractivity contribution in [2.75, 3.05) is 0 Å². The zero-order valence-corrected chi connectivity index (χ0v) is 11.9. The summed E-state index contributed by atoms with van der Waals surface area (Å²) in [5, 5.41) is 11.1. The van der Waals surface area contributed by atoms with Gasteiger partial charge < -0.3 is 9.31 Å². The van der Waals surface area contributed by atoms with E-state index in [1.807, 2.05) is 40.7 Å². The summed E-state index contributed by atoms with van der Waals surface area (Å²) in [5.74, 6) is 0. The number of hydrogen-bond acceptors (Lipinski definition) is 4. The first-order valence-electron chi connectivity index (χ1n) is 6.25. The summed E-state index contributed by atoms with van der Waals surface area (Å²) in [5.41, 5.74) is 0.340. The van der Waals surface area contributed by atoms with Gasteiger partial charge in [-0.1, -0.05) is 12.1 Å². The Morgan fingerprint density at radius 1 is 1.16 bits per heavy atom. The predicted octanol–water partition coefficient (Wildman–Crippen LogP) is 2.20. The lowest BCUT2D eigenvalue weighted by Gasteiger charge is -2.32. The Morgan fingerprint density at radius 2 is 1.68 bits per heavy atom. The molecule has 1 saturated heterocycles. The van der Waals surface area contributed by atoms with Crippen molar-refractivity contribution < 1.29 is 14.2 Å². The minimum atomic E-state index is -0.703. The SMILES string of the molecule is Cc1ccc(B2OC(C)(C)C(C)(C)O2)c([N+](=O)[O-])c1. The maximum atomic E-state index is 11.1. The van der Waals surface area contributed by atoms with Gasteiger partial charge in [-0.15, -0.1) is 0 Å². The van der Waals surface area contributed by atoms with Crippen LogP contribution < -0.4 is 5.46 Å². The highest BCUT2D eigenvalue weighted by Crippen LogP contribution is 2.37. The predicted molar refractivity (Wildman–Crippen MR) is 73.5 cm³/mol. The third-order valence-electron chi connectivity index (χ3n) is 3.89. The maximum absolute atomic E-state index is 11.1. The Morgan fingerprint density at radius 3 is 2.16 bits per heavy atom. The van der Waals surface area contributed by atoms with Crippen molar-refractivity contribution in [3.05, 3.63) is 33.9 Å². The average molecular weight is 263 g/mol. The summed E-state index contributed by atoms with van der Waals surface area (Å²) in [7, 11) is -0.703. The summed E-state index contributed by atoms with van der Waals surface area (Å²) in [6, 6.07) is 5.07. The van der Waals surface area contributed by atoms with E-state index in [4.69, 9.17) is 9.31 Å². The van der Waals surface area contributed by atoms with Crippen LogP contribution >= 0.6 is 0 Å². The second-order valence-corrected chi connectivity index (χ2v) is 5.91. The second-order valence-electron chi connectivity index (χ2n) is 5.91. The van der Waals surface area contributed by atoms with Gasteiger partial charge in [0.15, 0.2) is 0 Å². The second kappa shape index (κ2) is 4.32. The normalized spacial score (nSPS) is 20.6. The summed E-state index contributed by atoms with van der Waals surface area (Å²) >= 11 is 0. The van der Waals surface area contributed by atoms with E-state index in [0.29, 0.717) is 5.46 Å². The van der Waals surface area contributed by atoms with E-state index in [-0.39, 0.29) is 5.69 Å². The molecule has 5 nitrogen and oxygen atoms in total. The zero-order chi connectivity index (χ0) is 14.4. The minimum Gasteiger partial charge on any atom is -0.399 e. The molecule has 1 aromatic carbocycles. The molecule has 0 atom stereocenters. The van der Waals surface area contributed by atoms with Crippen molar-refractivity contribution in [2.45, 2.75) is 45.8 Å². The van der Waals surface area contributed by atoms with Crippen LogP contribution in [0.1, 0.15) is 33.3 Å². The van der Waals surface area contributed by atoms with Crippen molar-refractivity contribution in [3.63, 3.8) is 0 Å². The number of hydrogen-bond donors (Lipinski definition) is 0. The van der Waals surface area contributed by atoms with E-state index in [0.717, 1.165) is 5.56 Å². The molecule has 0 saturated carbocycles. The van der Waals surface area contributed by atoms with E-state index in [1.165, 1.54) is 0 Å². The van der Waals surface area contributed by atoms with Crippen molar-refractivity contribution >= 4 is 18.3 Å². The van der Waals surface area contributed by atoms with E-state index < -0.39 is 23.2 Å². The van der Waals surface area contributed by atoms with Crippen LogP contribution in [-0.2, 0) is 9.31 Å². The Kier molecular flexibility index (Phi) is 3.19. The largest absolute Gasteiger partial charge is 0.501 e. The van der Waals surface area contributed by atoms with Gasteiger partial charge in [0.2, 0.25) is 0 Å². The van der Waals surface area contributed by atoms with Crippen LogP contribution in [0.15, 0.2) is 18.2 Å². The van der Waals surface area contributed by atoms with E-state index in [1.54, 1.807) is 12.1 Å². The fourth-order valence-corrected chi connectivity index (χ4v) is 1.98. The van der Waals surface area contributed by atoms with Gasteiger partial charge in [0.1, 0.15) is 0 Å². The van der Waals surface area contributed by atoms with E-state index in [9.17, 15) is 10.1 Å². The molecule has 0 aromatic heterocycles. The Hall–Kier alpha value is -1.40. The van der Waals surface area contributed by atoms with Gasteiger partial charge in [-0.3, -0.25) is 10.1 Å². The highest BCUT2D eigenvalue weighted by Gasteiger charge is 2.53. The van der Waals surface area contributed by atoms with Gasteiger partial charge in [-0.05, 0) is 40.2 Å². The van der Waals surface area contributed by atoms with Gasteiger partial charge in [-0.25, -0.2) is 0 Å². The fourth-order valence-electron chi connectivity index (χ4n) is 1.98. The molecule has 1 aliphatic heterocycles. The van der Waals surface area contributed by atoms with Crippen LogP contribution in [-0.4, -0.2) is 23.2 Å². The summed E-state index contributed by atoms with van der Waals surface area (Å²) in [6.07, 6.45) is 0. The standard InChI is InChI=1S/C13H18BNO4/c1-9-6-7-10(11(8-9)15(16)17)14-18-12(2,3)13(4,5)19-14/h6-8H,1-5H3. The number of nitrogens with zero attached hydrogens (tertiary/aromatic N) is 1. The first-order chi connectivity index (χ1) is 8.64. The Bertz CT molecular complexity index is 511. The number of rotatable bonds is 2. The molecule has 19 heavy (non-hydrogen) atoms. The van der Waals surface area contributed by atoms with Gasteiger partial charge in [-0.2, -0.15) is 0 Å². The molecule has 0 unspecified atom stereocenters. The summed E-state index contributed by atoms with van der Waals surface area (Å²) < 4.78 is 11.7. The molecule has 0 N–H and O–H groups in total. The van der Waals surface area contributed by atoms with Crippen LogP contribution in [0.4, 0.5) is 5.69 Å². The van der Waals surface area contributed by atoms with Crippen LogP contribution in [0, 0.1) is 17.0 Å². The molecule has 0 aliphatic carbocycles. The molecule has 2 rings (SSSR count). The third-order valence-corrected chi connectivity index (χ3v) is 3.89. The first-order valence-corrected chi connectivity index (χ1v) is 6.25. The quantitative estimate of drug-likeness (QED) is 0.466. The molecule has 0 spiro atoms. The molecule has 1 fully saturated rings.